The van der Waals surface area contributed by atoms with E-state index in [1.54, 1.807) is 0 Å². The van der Waals surface area contributed by atoms with Crippen molar-refractivity contribution in [1.29, 1.82) is 0 Å². The Kier molecular flexibility index (Phi) is 10.6. The van der Waals surface area contributed by atoms with E-state index in [1.807, 2.05) is 0 Å². The normalized spacial score (nSPS) is 11.7. The van der Waals surface area contributed by atoms with Gasteiger partial charge in [0.05, 0.1) is 0 Å². The smallest absolute Gasteiger partial charge is 0.744 e. The fourth-order valence-electron chi connectivity index (χ4n) is 0. The maximum Gasteiger partial charge on any atom is 2.00 e. The largest absolute Gasteiger partial charge is 2.00 e. The van der Waals surface area contributed by atoms with E-state index in [9.17, 15) is 25.9 Å². The third kappa shape index (κ3) is 14.4. The maximum atomic E-state index is 9.28. The fourth-order valence-corrected chi connectivity index (χ4v) is 0. The number of hydrogen-bond donors (Lipinski definition) is 4. The monoisotopic (exact) mass is 278 g/mol. The number of aliphatic hydroxyl groups excluding tert-OH is 2. The van der Waals surface area contributed by atoms with Crippen LogP contribution >= 0.6 is 0 Å². The Balaban J connectivity index is -0.000000180. The van der Waals surface area contributed by atoms with Crippen molar-refractivity contribution in [2.75, 3.05) is 0 Å². The Labute approximate surface area is 101 Å². The molecule has 88 valence electrons. The summed E-state index contributed by atoms with van der Waals surface area (Å²) in [7, 11) is -9.76. The van der Waals surface area contributed by atoms with Gasteiger partial charge in [-0.2, -0.15) is 0 Å². The van der Waals surface area contributed by atoms with E-state index in [-0.39, 0.29) is 23.1 Å². The standard InChI is InChI=1S/2CH4O5S.Mg/c2*2-1(3)7(4,5)6;/h2*1-3H,(H,4,5,6);/q;;+2/p-2. The molecule has 0 spiro atoms. The molecule has 4 N–H and O–H groups in total. The van der Waals surface area contributed by atoms with Crippen LogP contribution in [0.5, 0.6) is 0 Å². The molecule has 0 bridgehead atoms. The second-order valence-electron chi connectivity index (χ2n) is 1.64. The average Bonchev–Trinajstić information content (AvgIpc) is 1.83. The van der Waals surface area contributed by atoms with Crippen molar-refractivity contribution in [3.63, 3.8) is 0 Å². The Morgan fingerprint density at radius 3 is 0.800 bits per heavy atom. The van der Waals surface area contributed by atoms with Crippen molar-refractivity contribution in [3.05, 3.63) is 0 Å². The van der Waals surface area contributed by atoms with Crippen LogP contribution in [0.2, 0.25) is 0 Å². The summed E-state index contributed by atoms with van der Waals surface area (Å²) in [5, 5.41) is 30.2. The summed E-state index contributed by atoms with van der Waals surface area (Å²) in [6, 6.07) is 0. The van der Waals surface area contributed by atoms with E-state index in [4.69, 9.17) is 20.4 Å². The average molecular weight is 278 g/mol. The molecule has 0 aliphatic carbocycles. The molecule has 0 atom stereocenters. The van der Waals surface area contributed by atoms with Crippen molar-refractivity contribution in [1.82, 2.24) is 0 Å². The van der Waals surface area contributed by atoms with E-state index in [1.165, 1.54) is 0 Å². The predicted molar refractivity (Wildman–Crippen MR) is 41.6 cm³/mol. The maximum absolute atomic E-state index is 9.28. The van der Waals surface area contributed by atoms with Crippen LogP contribution < -0.4 is 0 Å². The molecule has 0 saturated heterocycles. The fraction of sp³-hybridized carbons (Fsp3) is 1.00. The summed E-state index contributed by atoms with van der Waals surface area (Å²) in [5.41, 5.74) is -5.57. The van der Waals surface area contributed by atoms with Crippen LogP contribution in [0.4, 0.5) is 0 Å². The van der Waals surface area contributed by atoms with Crippen LogP contribution in [0.1, 0.15) is 0 Å². The van der Waals surface area contributed by atoms with Gasteiger partial charge in [0, 0.05) is 0 Å². The molecule has 0 aliphatic rings. The first kappa shape index (κ1) is 20.8. The zero-order valence-corrected chi connectivity index (χ0v) is 9.96. The molecule has 0 aromatic rings. The molecule has 0 aromatic carbocycles. The molecule has 0 heterocycles. The van der Waals surface area contributed by atoms with Crippen LogP contribution in [0.15, 0.2) is 0 Å². The number of aliphatic hydroxyl groups is 4. The van der Waals surface area contributed by atoms with Crippen molar-refractivity contribution in [2.45, 2.75) is 11.2 Å². The Morgan fingerprint density at radius 2 is 0.800 bits per heavy atom. The number of hydrogen-bond acceptors (Lipinski definition) is 10. The summed E-state index contributed by atoms with van der Waals surface area (Å²) in [6.07, 6.45) is 0. The van der Waals surface area contributed by atoms with Gasteiger partial charge in [-0.1, -0.05) is 0 Å². The number of rotatable bonds is 2. The summed E-state index contributed by atoms with van der Waals surface area (Å²) >= 11 is 0. The first-order valence-corrected chi connectivity index (χ1v) is 5.45. The quantitative estimate of drug-likeness (QED) is 0.216. The van der Waals surface area contributed by atoms with Gasteiger partial charge in [0.15, 0.2) is 0 Å². The van der Waals surface area contributed by atoms with Crippen molar-refractivity contribution >= 4 is 43.3 Å². The van der Waals surface area contributed by atoms with E-state index in [0.717, 1.165) is 0 Å². The van der Waals surface area contributed by atoms with Crippen LogP contribution in [-0.2, 0) is 20.2 Å². The minimum atomic E-state index is -4.88. The third-order valence-electron chi connectivity index (χ3n) is 0.516. The van der Waals surface area contributed by atoms with Crippen LogP contribution in [-0.4, -0.2) is 80.7 Å². The minimum absolute atomic E-state index is 0. The van der Waals surface area contributed by atoms with Crippen LogP contribution in [0.3, 0.4) is 0 Å². The van der Waals surface area contributed by atoms with Crippen LogP contribution in [0, 0.1) is 0 Å². The summed E-state index contributed by atoms with van der Waals surface area (Å²) in [6.45, 7) is 0. The zero-order chi connectivity index (χ0) is 12.2. The molecular formula is C2H6MgO10S2. The Morgan fingerprint density at radius 1 is 0.733 bits per heavy atom. The predicted octanol–water partition coefficient (Wildman–Crippen LogP) is -4.78. The zero-order valence-electron chi connectivity index (χ0n) is 6.92. The van der Waals surface area contributed by atoms with Gasteiger partial charge in [0.1, 0.15) is 20.2 Å². The molecule has 0 saturated carbocycles. The molecular weight excluding hydrogens is 272 g/mol. The summed E-state index contributed by atoms with van der Waals surface area (Å²) < 4.78 is 55.7. The van der Waals surface area contributed by atoms with Gasteiger partial charge < -0.3 is 29.5 Å². The van der Waals surface area contributed by atoms with Gasteiger partial charge in [-0.15, -0.1) is 0 Å². The van der Waals surface area contributed by atoms with Gasteiger partial charge >= 0.3 is 23.1 Å². The molecule has 0 radical (unpaired) electrons. The van der Waals surface area contributed by atoms with E-state index >= 15 is 0 Å². The molecule has 0 amide bonds. The van der Waals surface area contributed by atoms with Gasteiger partial charge in [-0.05, 0) is 0 Å². The van der Waals surface area contributed by atoms with Crippen LogP contribution in [0.25, 0.3) is 0 Å². The SMILES string of the molecule is O=S(=O)([O-])C(O)O.O=S(=O)([O-])C(O)O.[Mg+2]. The second kappa shape index (κ2) is 7.66. The van der Waals surface area contributed by atoms with Gasteiger partial charge in [0.2, 0.25) is 11.2 Å². The van der Waals surface area contributed by atoms with E-state index in [2.05, 4.69) is 0 Å². The topological polar surface area (TPSA) is 195 Å². The minimum Gasteiger partial charge on any atom is -0.744 e. The molecule has 0 aliphatic heterocycles. The van der Waals surface area contributed by atoms with Gasteiger partial charge in [-0.3, -0.25) is 0 Å². The molecule has 15 heavy (non-hydrogen) atoms. The summed E-state index contributed by atoms with van der Waals surface area (Å²) in [5.74, 6) is 0. The van der Waals surface area contributed by atoms with Gasteiger partial charge in [0.25, 0.3) is 0 Å². The van der Waals surface area contributed by atoms with Crippen molar-refractivity contribution < 1.29 is 46.4 Å². The van der Waals surface area contributed by atoms with Crippen molar-refractivity contribution in [3.8, 4) is 0 Å². The molecule has 0 unspecified atom stereocenters. The van der Waals surface area contributed by atoms with E-state index < -0.39 is 31.5 Å². The molecule has 0 rings (SSSR count). The first-order valence-electron chi connectivity index (χ1n) is 2.50. The second-order valence-corrected chi connectivity index (χ2v) is 4.45. The molecule has 10 nitrogen and oxygen atoms in total. The van der Waals surface area contributed by atoms with Gasteiger partial charge in [-0.25, -0.2) is 16.8 Å². The molecule has 13 heteroatoms. The molecule has 0 aromatic heterocycles. The molecule has 0 fully saturated rings. The summed E-state index contributed by atoms with van der Waals surface area (Å²) in [4.78, 5) is 0. The van der Waals surface area contributed by atoms with E-state index in [0.29, 0.717) is 0 Å². The Hall–Kier alpha value is 0.426. The third-order valence-corrected chi connectivity index (χ3v) is 1.55. The van der Waals surface area contributed by atoms with Crippen molar-refractivity contribution in [2.24, 2.45) is 0 Å². The Bertz CT molecular complexity index is 302. The first-order chi connectivity index (χ1) is 5.89.